The number of benzene rings is 2. The number of para-hydroxylation sites is 2. The van der Waals surface area contributed by atoms with E-state index in [4.69, 9.17) is 10.7 Å². The van der Waals surface area contributed by atoms with E-state index in [1.807, 2.05) is 50.5 Å². The van der Waals surface area contributed by atoms with Gasteiger partial charge in [0.1, 0.15) is 5.82 Å². The Morgan fingerprint density at radius 1 is 0.900 bits per heavy atom. The Morgan fingerprint density at radius 3 is 2.48 bits per heavy atom. The van der Waals surface area contributed by atoms with Gasteiger partial charge >= 0.3 is 0 Å². The SMILES string of the molecule is CSCCc1nc(N)nc(NCCCCNc2c3ccccc3nc3c(C(=O)NCCCN(C)C)cccc23)n1. The number of aromatic nitrogens is 4. The Hall–Kier alpha value is -3.70. The van der Waals surface area contributed by atoms with Crippen LogP contribution in [0.4, 0.5) is 17.6 Å². The largest absolute Gasteiger partial charge is 0.384 e. The van der Waals surface area contributed by atoms with Gasteiger partial charge in [-0.3, -0.25) is 4.79 Å². The van der Waals surface area contributed by atoms with E-state index in [-0.39, 0.29) is 11.9 Å². The highest BCUT2D eigenvalue weighted by Crippen LogP contribution is 2.32. The molecule has 0 aliphatic heterocycles. The molecular formula is C29H39N9OS. The van der Waals surface area contributed by atoms with Crippen molar-refractivity contribution < 1.29 is 4.79 Å². The molecule has 40 heavy (non-hydrogen) atoms. The maximum absolute atomic E-state index is 13.1. The first-order valence-electron chi connectivity index (χ1n) is 13.7. The van der Waals surface area contributed by atoms with Crippen LogP contribution in [0.1, 0.15) is 35.4 Å². The third-order valence-electron chi connectivity index (χ3n) is 6.44. The van der Waals surface area contributed by atoms with Gasteiger partial charge in [-0.1, -0.05) is 30.3 Å². The van der Waals surface area contributed by atoms with Crippen molar-refractivity contribution in [3.8, 4) is 0 Å². The minimum atomic E-state index is -0.0975. The van der Waals surface area contributed by atoms with Crippen LogP contribution in [0.25, 0.3) is 21.8 Å². The summed E-state index contributed by atoms with van der Waals surface area (Å²) in [6, 6.07) is 13.9. The van der Waals surface area contributed by atoms with Crippen molar-refractivity contribution in [1.29, 1.82) is 0 Å². The van der Waals surface area contributed by atoms with Crippen molar-refractivity contribution in [2.45, 2.75) is 25.7 Å². The molecule has 2 aromatic heterocycles. The van der Waals surface area contributed by atoms with Gasteiger partial charge in [-0.25, -0.2) is 4.98 Å². The minimum Gasteiger partial charge on any atom is -0.384 e. The molecule has 0 spiro atoms. The number of rotatable bonds is 15. The van der Waals surface area contributed by atoms with Gasteiger partial charge < -0.3 is 26.6 Å². The summed E-state index contributed by atoms with van der Waals surface area (Å²) in [6.45, 7) is 3.04. The van der Waals surface area contributed by atoms with Gasteiger partial charge in [0.15, 0.2) is 0 Å². The summed E-state index contributed by atoms with van der Waals surface area (Å²) in [5.41, 5.74) is 9.02. The first kappa shape index (κ1) is 29.3. The summed E-state index contributed by atoms with van der Waals surface area (Å²) >= 11 is 1.75. The third-order valence-corrected chi connectivity index (χ3v) is 7.05. The number of fused-ring (bicyclic) bond motifs is 2. The van der Waals surface area contributed by atoms with Gasteiger partial charge in [0, 0.05) is 42.6 Å². The minimum absolute atomic E-state index is 0.0975. The van der Waals surface area contributed by atoms with E-state index >= 15 is 0 Å². The Morgan fingerprint density at radius 2 is 1.68 bits per heavy atom. The second kappa shape index (κ2) is 14.6. The van der Waals surface area contributed by atoms with E-state index in [1.165, 1.54) is 0 Å². The van der Waals surface area contributed by atoms with Gasteiger partial charge in [-0.05, 0) is 58.3 Å². The van der Waals surface area contributed by atoms with Crippen molar-refractivity contribution >= 4 is 57.1 Å². The van der Waals surface area contributed by atoms with Crippen LogP contribution in [0.15, 0.2) is 42.5 Å². The molecule has 4 rings (SSSR count). The highest BCUT2D eigenvalue weighted by Gasteiger charge is 2.16. The number of aryl methyl sites for hydroxylation is 1. The molecule has 0 radical (unpaired) electrons. The zero-order valence-corrected chi connectivity index (χ0v) is 24.4. The van der Waals surface area contributed by atoms with Crippen LogP contribution in [-0.4, -0.2) is 83.0 Å². The number of nitrogens with zero attached hydrogens (tertiary/aromatic N) is 5. The lowest BCUT2D eigenvalue weighted by molar-refractivity contribution is 0.0954. The smallest absolute Gasteiger partial charge is 0.253 e. The van der Waals surface area contributed by atoms with Gasteiger partial charge in [0.05, 0.1) is 22.3 Å². The molecule has 2 aromatic carbocycles. The fraction of sp³-hybridized carbons (Fsp3) is 0.414. The molecule has 11 heteroatoms. The lowest BCUT2D eigenvalue weighted by Gasteiger charge is -2.15. The predicted molar refractivity (Wildman–Crippen MR) is 167 cm³/mol. The number of amides is 1. The van der Waals surface area contributed by atoms with Crippen LogP contribution in [0, 0.1) is 0 Å². The van der Waals surface area contributed by atoms with Crippen molar-refractivity contribution in [1.82, 2.24) is 30.2 Å². The Balaban J connectivity index is 1.41. The lowest BCUT2D eigenvalue weighted by atomic mass is 10.0. The molecule has 0 saturated heterocycles. The average molecular weight is 562 g/mol. The fourth-order valence-corrected chi connectivity index (χ4v) is 4.85. The number of nitrogens with two attached hydrogens (primary N) is 1. The number of hydrogen-bond donors (Lipinski definition) is 4. The lowest BCUT2D eigenvalue weighted by Crippen LogP contribution is -2.27. The maximum Gasteiger partial charge on any atom is 0.253 e. The summed E-state index contributed by atoms with van der Waals surface area (Å²) in [6.07, 6.45) is 5.55. The highest BCUT2D eigenvalue weighted by atomic mass is 32.2. The number of nitrogens with one attached hydrogen (secondary N) is 3. The number of unbranched alkanes of at least 4 members (excludes halogenated alkanes) is 1. The average Bonchev–Trinajstić information content (AvgIpc) is 2.94. The third kappa shape index (κ3) is 7.92. The summed E-state index contributed by atoms with van der Waals surface area (Å²) in [7, 11) is 4.06. The summed E-state index contributed by atoms with van der Waals surface area (Å²) in [4.78, 5) is 33.0. The molecular weight excluding hydrogens is 522 g/mol. The molecule has 5 N–H and O–H groups in total. The van der Waals surface area contributed by atoms with Crippen molar-refractivity contribution in [2.24, 2.45) is 0 Å². The Kier molecular flexibility index (Phi) is 10.7. The number of thioether (sulfide) groups is 1. The second-order valence-electron chi connectivity index (χ2n) is 9.86. The number of carbonyl (C=O) groups is 1. The molecule has 0 aliphatic carbocycles. The van der Waals surface area contributed by atoms with Crippen LogP contribution in [-0.2, 0) is 6.42 Å². The van der Waals surface area contributed by atoms with Crippen LogP contribution >= 0.6 is 11.8 Å². The maximum atomic E-state index is 13.1. The second-order valence-corrected chi connectivity index (χ2v) is 10.8. The van der Waals surface area contributed by atoms with Crippen molar-refractivity contribution in [3.05, 3.63) is 53.9 Å². The number of hydrogen-bond acceptors (Lipinski definition) is 10. The number of carbonyl (C=O) groups excluding carboxylic acids is 1. The summed E-state index contributed by atoms with van der Waals surface area (Å²) in [5, 5.41) is 11.9. The van der Waals surface area contributed by atoms with Gasteiger partial charge in [-0.15, -0.1) is 0 Å². The Labute approximate surface area is 240 Å². The first-order valence-corrected chi connectivity index (χ1v) is 15.1. The molecule has 0 fully saturated rings. The van der Waals surface area contributed by atoms with E-state index in [1.54, 1.807) is 11.8 Å². The molecule has 4 aromatic rings. The van der Waals surface area contributed by atoms with Gasteiger partial charge in [0.25, 0.3) is 5.91 Å². The van der Waals surface area contributed by atoms with Crippen molar-refractivity contribution in [3.63, 3.8) is 0 Å². The number of pyridine rings is 1. The van der Waals surface area contributed by atoms with E-state index in [2.05, 4.69) is 48.1 Å². The molecule has 0 saturated carbocycles. The molecule has 2 heterocycles. The van der Waals surface area contributed by atoms with E-state index in [9.17, 15) is 4.79 Å². The molecule has 0 unspecified atom stereocenters. The standard InChI is InChI=1S/C29H39N9OS/c1-38(2)18-9-17-32-27(39)22-12-8-11-21-25(20-10-4-5-13-23(20)34-26(21)22)31-15-6-7-16-33-29-36-24(14-19-40-3)35-28(30)37-29/h4-5,8,10-13H,6-7,9,14-19H2,1-3H3,(H,31,34)(H,32,39)(H3,30,33,35,36,37). The topological polar surface area (TPSA) is 134 Å². The molecule has 0 bridgehead atoms. The normalized spacial score (nSPS) is 11.3. The zero-order valence-electron chi connectivity index (χ0n) is 23.5. The van der Waals surface area contributed by atoms with Crippen LogP contribution in [0.2, 0.25) is 0 Å². The first-order chi connectivity index (χ1) is 19.5. The molecule has 0 aliphatic rings. The monoisotopic (exact) mass is 561 g/mol. The van der Waals surface area contributed by atoms with Crippen LogP contribution in [0.3, 0.4) is 0 Å². The summed E-state index contributed by atoms with van der Waals surface area (Å²) in [5.74, 6) is 2.32. The molecule has 10 nitrogen and oxygen atoms in total. The number of nitrogen functional groups attached to an aromatic ring is 1. The zero-order chi connectivity index (χ0) is 28.3. The molecule has 0 atom stereocenters. The van der Waals surface area contributed by atoms with Crippen LogP contribution in [0.5, 0.6) is 0 Å². The number of anilines is 3. The van der Waals surface area contributed by atoms with Gasteiger partial charge in [0.2, 0.25) is 11.9 Å². The molecule has 212 valence electrons. The predicted octanol–water partition coefficient (Wildman–Crippen LogP) is 4.05. The highest BCUT2D eigenvalue weighted by molar-refractivity contribution is 7.98. The van der Waals surface area contributed by atoms with E-state index in [0.29, 0.717) is 29.4 Å². The van der Waals surface area contributed by atoms with Gasteiger partial charge in [-0.2, -0.15) is 26.7 Å². The van der Waals surface area contributed by atoms with E-state index < -0.39 is 0 Å². The van der Waals surface area contributed by atoms with Crippen LogP contribution < -0.4 is 21.7 Å². The van der Waals surface area contributed by atoms with E-state index in [0.717, 1.165) is 73.0 Å². The Bertz CT molecular complexity index is 1430. The fourth-order valence-electron chi connectivity index (χ4n) is 4.47. The molecule has 1 amide bonds. The summed E-state index contributed by atoms with van der Waals surface area (Å²) < 4.78 is 0. The van der Waals surface area contributed by atoms with Crippen molar-refractivity contribution in [2.75, 3.05) is 68.7 Å². The quantitative estimate of drug-likeness (QED) is 0.124.